The molecular formula is C15H21F3N2. The largest absolute Gasteiger partial charge is 0.417 e. The minimum absolute atomic E-state index is 0.258. The van der Waals surface area contributed by atoms with E-state index in [1.165, 1.54) is 12.5 Å². The van der Waals surface area contributed by atoms with Crippen LogP contribution >= 0.6 is 0 Å². The van der Waals surface area contributed by atoms with E-state index in [4.69, 9.17) is 5.73 Å². The summed E-state index contributed by atoms with van der Waals surface area (Å²) < 4.78 is 37.5. The molecule has 20 heavy (non-hydrogen) atoms. The molecule has 0 amide bonds. The Morgan fingerprint density at radius 2 is 2.10 bits per heavy atom. The minimum atomic E-state index is -4.34. The molecule has 0 aliphatic heterocycles. The van der Waals surface area contributed by atoms with Gasteiger partial charge in [-0.15, -0.1) is 0 Å². The van der Waals surface area contributed by atoms with Gasteiger partial charge < -0.3 is 5.73 Å². The van der Waals surface area contributed by atoms with E-state index in [0.29, 0.717) is 17.5 Å². The predicted octanol–water partition coefficient (Wildman–Crippen LogP) is 4.32. The van der Waals surface area contributed by atoms with Gasteiger partial charge in [0.15, 0.2) is 0 Å². The van der Waals surface area contributed by atoms with E-state index in [1.807, 2.05) is 0 Å². The van der Waals surface area contributed by atoms with E-state index in [2.05, 4.69) is 11.9 Å². The summed E-state index contributed by atoms with van der Waals surface area (Å²) in [5, 5.41) is 0. The lowest BCUT2D eigenvalue weighted by molar-refractivity contribution is -0.137. The first kappa shape index (κ1) is 15.3. The molecule has 2 rings (SSSR count). The zero-order chi connectivity index (χ0) is 14.8. The zero-order valence-corrected chi connectivity index (χ0v) is 11.7. The van der Waals surface area contributed by atoms with Gasteiger partial charge in [-0.25, -0.2) is 0 Å². The highest BCUT2D eigenvalue weighted by atomic mass is 19.4. The van der Waals surface area contributed by atoms with E-state index in [9.17, 15) is 13.2 Å². The summed E-state index contributed by atoms with van der Waals surface area (Å²) >= 11 is 0. The van der Waals surface area contributed by atoms with Gasteiger partial charge in [0.05, 0.1) is 11.3 Å². The summed E-state index contributed by atoms with van der Waals surface area (Å²) in [5.41, 5.74) is 6.05. The lowest BCUT2D eigenvalue weighted by Gasteiger charge is -2.32. The molecule has 1 aromatic heterocycles. The number of pyridine rings is 1. The number of alkyl halides is 3. The first-order valence-electron chi connectivity index (χ1n) is 7.20. The zero-order valence-electron chi connectivity index (χ0n) is 11.7. The highest BCUT2D eigenvalue weighted by Gasteiger charge is 2.32. The Balaban J connectivity index is 2.07. The average molecular weight is 286 g/mol. The number of halogens is 3. The van der Waals surface area contributed by atoms with Crippen molar-refractivity contribution >= 4 is 0 Å². The number of rotatable bonds is 3. The first-order chi connectivity index (χ1) is 9.41. The first-order valence-corrected chi connectivity index (χ1v) is 7.20. The number of hydrogen-bond donors (Lipinski definition) is 1. The summed E-state index contributed by atoms with van der Waals surface area (Å²) in [4.78, 5) is 3.93. The van der Waals surface area contributed by atoms with Crippen LogP contribution in [0, 0.1) is 11.8 Å². The monoisotopic (exact) mass is 286 g/mol. The van der Waals surface area contributed by atoms with E-state index in [0.717, 1.165) is 37.9 Å². The summed E-state index contributed by atoms with van der Waals surface area (Å²) in [6, 6.07) is 2.23. The summed E-state index contributed by atoms with van der Waals surface area (Å²) in [6.07, 6.45) is 2.17. The van der Waals surface area contributed by atoms with Crippen LogP contribution in [-0.2, 0) is 6.18 Å². The second-order valence-corrected chi connectivity index (χ2v) is 5.70. The highest BCUT2D eigenvalue weighted by molar-refractivity contribution is 5.19. The molecule has 1 fully saturated rings. The maximum Gasteiger partial charge on any atom is 0.417 e. The van der Waals surface area contributed by atoms with Crippen molar-refractivity contribution in [3.8, 4) is 0 Å². The second-order valence-electron chi connectivity index (χ2n) is 5.70. The fourth-order valence-electron chi connectivity index (χ4n) is 3.04. The number of nitrogens with two attached hydrogens (primary N) is 1. The highest BCUT2D eigenvalue weighted by Crippen LogP contribution is 2.37. The summed E-state index contributed by atoms with van der Waals surface area (Å²) in [7, 11) is 0. The maximum atomic E-state index is 12.5. The molecule has 2 N–H and O–H groups in total. The van der Waals surface area contributed by atoms with Crippen LogP contribution in [0.1, 0.15) is 56.3 Å². The third-order valence-electron chi connectivity index (χ3n) is 4.36. The lowest BCUT2D eigenvalue weighted by Crippen LogP contribution is -2.27. The van der Waals surface area contributed by atoms with Gasteiger partial charge in [-0.3, -0.25) is 4.98 Å². The van der Waals surface area contributed by atoms with Crippen molar-refractivity contribution < 1.29 is 13.2 Å². The SMILES string of the molecule is CCC1CCCC(C(N)c2ccc(C(F)(F)F)cn2)C1. The number of hydrogen-bond acceptors (Lipinski definition) is 2. The lowest BCUT2D eigenvalue weighted by atomic mass is 9.76. The van der Waals surface area contributed by atoms with Crippen LogP contribution in [0.5, 0.6) is 0 Å². The van der Waals surface area contributed by atoms with Crippen LogP contribution in [0.15, 0.2) is 18.3 Å². The normalized spacial score (nSPS) is 25.4. The molecule has 0 radical (unpaired) electrons. The van der Waals surface area contributed by atoms with Gasteiger partial charge in [-0.2, -0.15) is 13.2 Å². The molecule has 3 unspecified atom stereocenters. The van der Waals surface area contributed by atoms with Crippen LogP contribution in [-0.4, -0.2) is 4.98 Å². The van der Waals surface area contributed by atoms with Gasteiger partial charge >= 0.3 is 6.18 Å². The van der Waals surface area contributed by atoms with E-state index in [-0.39, 0.29) is 6.04 Å². The molecule has 2 nitrogen and oxygen atoms in total. The van der Waals surface area contributed by atoms with Gasteiger partial charge in [0.2, 0.25) is 0 Å². The Morgan fingerprint density at radius 3 is 2.65 bits per heavy atom. The fraction of sp³-hybridized carbons (Fsp3) is 0.667. The topological polar surface area (TPSA) is 38.9 Å². The van der Waals surface area contributed by atoms with Crippen molar-refractivity contribution in [3.63, 3.8) is 0 Å². The van der Waals surface area contributed by atoms with Crippen LogP contribution < -0.4 is 5.73 Å². The molecule has 5 heteroatoms. The molecule has 112 valence electrons. The van der Waals surface area contributed by atoms with Crippen LogP contribution in [0.3, 0.4) is 0 Å². The molecular weight excluding hydrogens is 265 g/mol. The van der Waals surface area contributed by atoms with Crippen molar-refractivity contribution in [1.82, 2.24) is 4.98 Å². The van der Waals surface area contributed by atoms with Gasteiger partial charge in [-0.05, 0) is 36.8 Å². The number of aromatic nitrogens is 1. The molecule has 1 aliphatic rings. The van der Waals surface area contributed by atoms with Gasteiger partial charge in [-0.1, -0.05) is 26.2 Å². The Kier molecular flexibility index (Phi) is 4.68. The minimum Gasteiger partial charge on any atom is -0.322 e. The quantitative estimate of drug-likeness (QED) is 0.899. The maximum absolute atomic E-state index is 12.5. The molecule has 3 atom stereocenters. The Hall–Kier alpha value is -1.10. The van der Waals surface area contributed by atoms with Gasteiger partial charge in [0.25, 0.3) is 0 Å². The van der Waals surface area contributed by atoms with Crippen LogP contribution in [0.4, 0.5) is 13.2 Å². The van der Waals surface area contributed by atoms with Crippen LogP contribution in [0.25, 0.3) is 0 Å². The smallest absolute Gasteiger partial charge is 0.322 e. The molecule has 1 aromatic rings. The van der Waals surface area contributed by atoms with E-state index >= 15 is 0 Å². The molecule has 1 saturated carbocycles. The van der Waals surface area contributed by atoms with Crippen molar-refractivity contribution in [2.45, 2.75) is 51.2 Å². The van der Waals surface area contributed by atoms with Crippen molar-refractivity contribution in [3.05, 3.63) is 29.6 Å². The Bertz CT molecular complexity index is 428. The fourth-order valence-corrected chi connectivity index (χ4v) is 3.04. The van der Waals surface area contributed by atoms with Gasteiger partial charge in [0.1, 0.15) is 0 Å². The molecule has 1 aliphatic carbocycles. The predicted molar refractivity (Wildman–Crippen MR) is 71.9 cm³/mol. The Morgan fingerprint density at radius 1 is 1.35 bits per heavy atom. The molecule has 0 bridgehead atoms. The molecule has 0 aromatic carbocycles. The van der Waals surface area contributed by atoms with Crippen molar-refractivity contribution in [2.24, 2.45) is 17.6 Å². The van der Waals surface area contributed by atoms with E-state index < -0.39 is 11.7 Å². The van der Waals surface area contributed by atoms with Crippen molar-refractivity contribution in [2.75, 3.05) is 0 Å². The number of nitrogens with zero attached hydrogens (tertiary/aromatic N) is 1. The summed E-state index contributed by atoms with van der Waals surface area (Å²) in [6.45, 7) is 2.18. The van der Waals surface area contributed by atoms with E-state index in [1.54, 1.807) is 0 Å². The second kappa shape index (κ2) is 6.12. The van der Waals surface area contributed by atoms with Crippen molar-refractivity contribution in [1.29, 1.82) is 0 Å². The molecule has 0 spiro atoms. The molecule has 1 heterocycles. The third kappa shape index (κ3) is 3.51. The molecule has 0 saturated heterocycles. The third-order valence-corrected chi connectivity index (χ3v) is 4.36. The average Bonchev–Trinajstić information content (AvgIpc) is 2.46. The summed E-state index contributed by atoms with van der Waals surface area (Å²) in [5.74, 6) is 1.02. The van der Waals surface area contributed by atoms with Crippen LogP contribution in [0.2, 0.25) is 0 Å². The Labute approximate surface area is 117 Å². The van der Waals surface area contributed by atoms with Gasteiger partial charge in [0, 0.05) is 12.2 Å². The standard InChI is InChI=1S/C15H21F3N2/c1-2-10-4-3-5-11(8-10)14(19)13-7-6-12(9-20-13)15(16,17)18/h6-7,9-11,14H,2-5,8,19H2,1H3.